The van der Waals surface area contributed by atoms with Gasteiger partial charge in [-0.05, 0) is 47.6 Å². The number of aryl methyl sites for hydroxylation is 1. The zero-order valence-electron chi connectivity index (χ0n) is 12.4. The number of halogens is 1. The molecule has 0 fully saturated rings. The van der Waals surface area contributed by atoms with Gasteiger partial charge in [0.2, 0.25) is 0 Å². The number of hydrogen-bond donors (Lipinski definition) is 1. The first-order valence-electron chi connectivity index (χ1n) is 7.08. The zero-order valence-corrected chi connectivity index (χ0v) is 12.4. The van der Waals surface area contributed by atoms with E-state index in [1.54, 1.807) is 13.0 Å². The van der Waals surface area contributed by atoms with Crippen LogP contribution in [0.15, 0.2) is 42.5 Å². The van der Waals surface area contributed by atoms with Crippen molar-refractivity contribution in [2.45, 2.75) is 33.2 Å². The summed E-state index contributed by atoms with van der Waals surface area (Å²) in [6.07, 6.45) is 1.03. The molecule has 0 spiro atoms. The van der Waals surface area contributed by atoms with Crippen molar-refractivity contribution in [2.24, 2.45) is 11.7 Å². The van der Waals surface area contributed by atoms with Crippen molar-refractivity contribution < 1.29 is 4.39 Å². The van der Waals surface area contributed by atoms with Crippen LogP contribution >= 0.6 is 0 Å². The molecule has 106 valence electrons. The molecule has 2 N–H and O–H groups in total. The van der Waals surface area contributed by atoms with Crippen LogP contribution in [-0.2, 0) is 6.42 Å². The highest BCUT2D eigenvalue weighted by Crippen LogP contribution is 2.23. The maximum atomic E-state index is 13.7. The third-order valence-electron chi connectivity index (χ3n) is 3.51. The maximum absolute atomic E-state index is 13.7. The largest absolute Gasteiger partial charge is 0.320 e. The van der Waals surface area contributed by atoms with Gasteiger partial charge >= 0.3 is 0 Å². The second kappa shape index (κ2) is 6.19. The highest BCUT2D eigenvalue weighted by atomic mass is 19.1. The highest BCUT2D eigenvalue weighted by molar-refractivity contribution is 5.35. The lowest BCUT2D eigenvalue weighted by Gasteiger charge is -2.15. The fourth-order valence-electron chi connectivity index (χ4n) is 2.38. The minimum Gasteiger partial charge on any atom is -0.320 e. The van der Waals surface area contributed by atoms with E-state index < -0.39 is 0 Å². The Kier molecular flexibility index (Phi) is 4.56. The molecule has 0 bridgehead atoms. The highest BCUT2D eigenvalue weighted by Gasteiger charge is 2.11. The molecule has 0 aliphatic heterocycles. The lowest BCUT2D eigenvalue weighted by Crippen LogP contribution is -2.12. The number of nitrogens with two attached hydrogens (primary N) is 1. The normalized spacial score (nSPS) is 12.7. The fourth-order valence-corrected chi connectivity index (χ4v) is 2.38. The summed E-state index contributed by atoms with van der Waals surface area (Å²) < 4.78 is 13.7. The van der Waals surface area contributed by atoms with Gasteiger partial charge in [0.1, 0.15) is 5.82 Å². The first-order valence-corrected chi connectivity index (χ1v) is 7.08. The zero-order chi connectivity index (χ0) is 14.7. The van der Waals surface area contributed by atoms with E-state index in [0.29, 0.717) is 11.5 Å². The molecule has 20 heavy (non-hydrogen) atoms. The number of rotatable bonds is 4. The first kappa shape index (κ1) is 14.7. The standard InChI is InChI=1S/C18H22FN/c1-12(2)9-14-5-4-6-15(10-14)18(20)16-8-7-13(3)17(19)11-16/h4-8,10-12,18H,9,20H2,1-3H3. The molecule has 0 aliphatic rings. The van der Waals surface area contributed by atoms with Crippen LogP contribution in [0.3, 0.4) is 0 Å². The molecular weight excluding hydrogens is 249 g/mol. The first-order chi connectivity index (χ1) is 9.47. The minimum absolute atomic E-state index is 0.198. The molecule has 0 heterocycles. The summed E-state index contributed by atoms with van der Waals surface area (Å²) in [7, 11) is 0. The van der Waals surface area contributed by atoms with Crippen LogP contribution in [0.2, 0.25) is 0 Å². The summed E-state index contributed by atoms with van der Waals surface area (Å²) in [5.41, 5.74) is 10.0. The van der Waals surface area contributed by atoms with Gasteiger partial charge in [0.25, 0.3) is 0 Å². The third kappa shape index (κ3) is 3.45. The quantitative estimate of drug-likeness (QED) is 0.877. The predicted octanol–water partition coefficient (Wildman–Crippen LogP) is 4.38. The van der Waals surface area contributed by atoms with Crippen molar-refractivity contribution in [3.8, 4) is 0 Å². The average Bonchev–Trinajstić information content (AvgIpc) is 2.40. The molecule has 0 aromatic heterocycles. The van der Waals surface area contributed by atoms with Gasteiger partial charge in [0.15, 0.2) is 0 Å². The van der Waals surface area contributed by atoms with Gasteiger partial charge in [0.05, 0.1) is 6.04 Å². The van der Waals surface area contributed by atoms with Gasteiger partial charge in [-0.15, -0.1) is 0 Å². The molecule has 0 amide bonds. The van der Waals surface area contributed by atoms with Gasteiger partial charge < -0.3 is 5.73 Å². The van der Waals surface area contributed by atoms with Gasteiger partial charge in [-0.2, -0.15) is 0 Å². The molecule has 0 saturated carbocycles. The van der Waals surface area contributed by atoms with Gasteiger partial charge in [-0.25, -0.2) is 4.39 Å². The van der Waals surface area contributed by atoms with Gasteiger partial charge in [0, 0.05) is 0 Å². The summed E-state index contributed by atoms with van der Waals surface area (Å²) in [5.74, 6) is 0.412. The number of hydrogen-bond acceptors (Lipinski definition) is 1. The van der Waals surface area contributed by atoms with E-state index in [0.717, 1.165) is 17.5 Å². The van der Waals surface area contributed by atoms with E-state index >= 15 is 0 Å². The van der Waals surface area contributed by atoms with Crippen LogP contribution in [0.25, 0.3) is 0 Å². The summed E-state index contributed by atoms with van der Waals surface area (Å²) in [6.45, 7) is 6.15. The summed E-state index contributed by atoms with van der Waals surface area (Å²) >= 11 is 0. The molecule has 1 atom stereocenters. The van der Waals surface area contributed by atoms with Crippen LogP contribution in [0.1, 0.15) is 42.1 Å². The van der Waals surface area contributed by atoms with Crippen LogP contribution in [0.5, 0.6) is 0 Å². The maximum Gasteiger partial charge on any atom is 0.126 e. The molecule has 2 rings (SSSR count). The Balaban J connectivity index is 2.28. The Labute approximate surface area is 120 Å². The third-order valence-corrected chi connectivity index (χ3v) is 3.51. The second-order valence-electron chi connectivity index (χ2n) is 5.83. The van der Waals surface area contributed by atoms with Crippen molar-refractivity contribution in [3.63, 3.8) is 0 Å². The lowest BCUT2D eigenvalue weighted by atomic mass is 9.94. The molecular formula is C18H22FN. The van der Waals surface area contributed by atoms with Crippen molar-refractivity contribution >= 4 is 0 Å². The Hall–Kier alpha value is -1.67. The molecule has 1 unspecified atom stereocenters. The smallest absolute Gasteiger partial charge is 0.126 e. The Morgan fingerprint density at radius 3 is 2.40 bits per heavy atom. The van der Waals surface area contributed by atoms with E-state index in [-0.39, 0.29) is 11.9 Å². The Morgan fingerprint density at radius 2 is 1.75 bits per heavy atom. The van der Waals surface area contributed by atoms with E-state index in [1.807, 2.05) is 18.2 Å². The Morgan fingerprint density at radius 1 is 1.05 bits per heavy atom. The van der Waals surface area contributed by atoms with Crippen LogP contribution in [-0.4, -0.2) is 0 Å². The molecule has 2 aromatic rings. The van der Waals surface area contributed by atoms with Crippen molar-refractivity contribution in [2.75, 3.05) is 0 Å². The van der Waals surface area contributed by atoms with E-state index in [1.165, 1.54) is 11.6 Å². The fraction of sp³-hybridized carbons (Fsp3) is 0.333. The van der Waals surface area contributed by atoms with Gasteiger partial charge in [-0.3, -0.25) is 0 Å². The average molecular weight is 271 g/mol. The molecule has 0 aliphatic carbocycles. The van der Waals surface area contributed by atoms with Crippen LogP contribution < -0.4 is 5.73 Å². The molecule has 0 saturated heterocycles. The number of benzene rings is 2. The van der Waals surface area contributed by atoms with Crippen molar-refractivity contribution in [3.05, 3.63) is 70.5 Å². The van der Waals surface area contributed by atoms with Crippen LogP contribution in [0.4, 0.5) is 4.39 Å². The topological polar surface area (TPSA) is 26.0 Å². The van der Waals surface area contributed by atoms with Crippen LogP contribution in [0, 0.1) is 18.7 Å². The minimum atomic E-state index is -0.280. The summed E-state index contributed by atoms with van der Waals surface area (Å²) in [4.78, 5) is 0. The van der Waals surface area contributed by atoms with Crippen molar-refractivity contribution in [1.82, 2.24) is 0 Å². The molecule has 2 aromatic carbocycles. The van der Waals surface area contributed by atoms with E-state index in [2.05, 4.69) is 26.0 Å². The second-order valence-corrected chi connectivity index (χ2v) is 5.83. The van der Waals surface area contributed by atoms with Gasteiger partial charge in [-0.1, -0.05) is 50.2 Å². The predicted molar refractivity (Wildman–Crippen MR) is 82.2 cm³/mol. The SMILES string of the molecule is Cc1ccc(C(N)c2cccc(CC(C)C)c2)cc1F. The van der Waals surface area contributed by atoms with E-state index in [9.17, 15) is 4.39 Å². The molecule has 2 heteroatoms. The lowest BCUT2D eigenvalue weighted by molar-refractivity contribution is 0.614. The summed E-state index contributed by atoms with van der Waals surface area (Å²) in [6, 6.07) is 13.2. The summed E-state index contributed by atoms with van der Waals surface area (Å²) in [5, 5.41) is 0. The molecule has 1 nitrogen and oxygen atoms in total. The van der Waals surface area contributed by atoms with Crippen molar-refractivity contribution in [1.29, 1.82) is 0 Å². The Bertz CT molecular complexity index is 590. The van der Waals surface area contributed by atoms with E-state index in [4.69, 9.17) is 5.73 Å². The molecule has 0 radical (unpaired) electrons. The monoisotopic (exact) mass is 271 g/mol.